The molecule has 20 heavy (non-hydrogen) atoms. The predicted octanol–water partition coefficient (Wildman–Crippen LogP) is 3.56. The molecule has 0 bridgehead atoms. The van der Waals surface area contributed by atoms with E-state index in [0.29, 0.717) is 12.1 Å². The minimum Gasteiger partial charge on any atom is -0.508 e. The van der Waals surface area contributed by atoms with Gasteiger partial charge in [0.05, 0.1) is 0 Å². The van der Waals surface area contributed by atoms with E-state index in [1.54, 1.807) is 30.1 Å². The summed E-state index contributed by atoms with van der Waals surface area (Å²) < 4.78 is 0. The molecule has 2 aromatic carbocycles. The number of aromatic hydroxyl groups is 1. The highest BCUT2D eigenvalue weighted by molar-refractivity contribution is 9.08. The lowest BCUT2D eigenvalue weighted by molar-refractivity contribution is 0.0785. The monoisotopic (exact) mass is 333 g/mol. The van der Waals surface area contributed by atoms with Crippen LogP contribution in [0.1, 0.15) is 21.5 Å². The first kappa shape index (κ1) is 14.6. The number of rotatable bonds is 4. The van der Waals surface area contributed by atoms with E-state index in [-0.39, 0.29) is 11.7 Å². The molecule has 1 amide bonds. The highest BCUT2D eigenvalue weighted by Crippen LogP contribution is 2.15. The van der Waals surface area contributed by atoms with Crippen molar-refractivity contribution < 1.29 is 9.90 Å². The Morgan fingerprint density at radius 3 is 2.55 bits per heavy atom. The van der Waals surface area contributed by atoms with Gasteiger partial charge in [-0.15, -0.1) is 0 Å². The van der Waals surface area contributed by atoms with Crippen LogP contribution < -0.4 is 0 Å². The number of benzene rings is 2. The number of hydrogen-bond donors (Lipinski definition) is 1. The van der Waals surface area contributed by atoms with Gasteiger partial charge in [-0.3, -0.25) is 4.79 Å². The van der Waals surface area contributed by atoms with Crippen molar-refractivity contribution in [2.45, 2.75) is 11.9 Å². The lowest BCUT2D eigenvalue weighted by Crippen LogP contribution is -2.26. The first-order valence-corrected chi connectivity index (χ1v) is 7.40. The van der Waals surface area contributed by atoms with Crippen molar-refractivity contribution in [2.24, 2.45) is 0 Å². The number of carbonyl (C=O) groups is 1. The van der Waals surface area contributed by atoms with Crippen LogP contribution in [0.3, 0.4) is 0 Å². The molecule has 1 N–H and O–H groups in total. The van der Waals surface area contributed by atoms with E-state index in [4.69, 9.17) is 0 Å². The van der Waals surface area contributed by atoms with E-state index >= 15 is 0 Å². The molecule has 0 fully saturated rings. The molecule has 0 aliphatic heterocycles. The third kappa shape index (κ3) is 3.61. The van der Waals surface area contributed by atoms with E-state index < -0.39 is 0 Å². The average molecular weight is 334 g/mol. The number of hydrogen-bond acceptors (Lipinski definition) is 2. The van der Waals surface area contributed by atoms with Gasteiger partial charge in [0.1, 0.15) is 5.75 Å². The van der Waals surface area contributed by atoms with Crippen LogP contribution in [0.2, 0.25) is 0 Å². The van der Waals surface area contributed by atoms with Gasteiger partial charge in [0, 0.05) is 24.5 Å². The fourth-order valence-electron chi connectivity index (χ4n) is 2.01. The number of alkyl halides is 1. The third-order valence-corrected chi connectivity index (χ3v) is 3.65. The van der Waals surface area contributed by atoms with Crippen molar-refractivity contribution in [3.63, 3.8) is 0 Å². The zero-order valence-corrected chi connectivity index (χ0v) is 12.8. The Morgan fingerprint density at radius 1 is 1.15 bits per heavy atom. The average Bonchev–Trinajstić information content (AvgIpc) is 2.46. The van der Waals surface area contributed by atoms with Crippen LogP contribution in [0.5, 0.6) is 5.75 Å². The Balaban J connectivity index is 2.12. The third-order valence-electron chi connectivity index (χ3n) is 3.01. The second-order valence-corrected chi connectivity index (χ2v) is 5.23. The summed E-state index contributed by atoms with van der Waals surface area (Å²) in [6, 6.07) is 14.5. The standard InChI is InChI=1S/C16H16BrNO2/c1-18(11-13-5-3-7-15(19)9-13)16(20)14-6-2-4-12(8-14)10-17/h2-9,19H,10-11H2,1H3. The van der Waals surface area contributed by atoms with Crippen LogP contribution >= 0.6 is 15.9 Å². The molecule has 4 heteroatoms. The lowest BCUT2D eigenvalue weighted by atomic mass is 10.1. The number of halogens is 1. The van der Waals surface area contributed by atoms with Gasteiger partial charge in [-0.25, -0.2) is 0 Å². The molecule has 0 aromatic heterocycles. The molecule has 0 aliphatic carbocycles. The molecule has 0 atom stereocenters. The van der Waals surface area contributed by atoms with Gasteiger partial charge in [-0.2, -0.15) is 0 Å². The highest BCUT2D eigenvalue weighted by Gasteiger charge is 2.12. The molecular weight excluding hydrogens is 318 g/mol. The van der Waals surface area contributed by atoms with Gasteiger partial charge in [0.25, 0.3) is 5.91 Å². The smallest absolute Gasteiger partial charge is 0.253 e. The largest absolute Gasteiger partial charge is 0.508 e. The van der Waals surface area contributed by atoms with Crippen LogP contribution in [-0.2, 0) is 11.9 Å². The first-order chi connectivity index (χ1) is 9.60. The zero-order valence-electron chi connectivity index (χ0n) is 11.2. The maximum absolute atomic E-state index is 12.4. The van der Waals surface area contributed by atoms with Crippen LogP contribution in [0.15, 0.2) is 48.5 Å². The molecule has 0 radical (unpaired) electrons. The lowest BCUT2D eigenvalue weighted by Gasteiger charge is -2.17. The van der Waals surface area contributed by atoms with E-state index in [1.807, 2.05) is 30.3 Å². The molecule has 104 valence electrons. The summed E-state index contributed by atoms with van der Waals surface area (Å²) in [5.41, 5.74) is 2.64. The molecule has 0 unspecified atom stereocenters. The van der Waals surface area contributed by atoms with E-state index in [9.17, 15) is 9.90 Å². The number of phenolic OH excluding ortho intramolecular Hbond substituents is 1. The van der Waals surface area contributed by atoms with E-state index in [1.165, 1.54) is 0 Å². The number of carbonyl (C=O) groups excluding carboxylic acids is 1. The van der Waals surface area contributed by atoms with Crippen molar-refractivity contribution >= 4 is 21.8 Å². The van der Waals surface area contributed by atoms with Crippen molar-refractivity contribution in [2.75, 3.05) is 7.05 Å². The summed E-state index contributed by atoms with van der Waals surface area (Å²) >= 11 is 3.39. The van der Waals surface area contributed by atoms with Crippen LogP contribution in [-0.4, -0.2) is 23.0 Å². The maximum Gasteiger partial charge on any atom is 0.253 e. The topological polar surface area (TPSA) is 40.5 Å². The summed E-state index contributed by atoms with van der Waals surface area (Å²) in [4.78, 5) is 14.0. The Morgan fingerprint density at radius 2 is 1.85 bits per heavy atom. The molecule has 0 saturated carbocycles. The van der Waals surface area contributed by atoms with Crippen molar-refractivity contribution in [3.05, 3.63) is 65.2 Å². The first-order valence-electron chi connectivity index (χ1n) is 6.28. The normalized spacial score (nSPS) is 10.3. The Labute approximate surface area is 127 Å². The van der Waals surface area contributed by atoms with Crippen molar-refractivity contribution in [1.82, 2.24) is 4.90 Å². The highest BCUT2D eigenvalue weighted by atomic mass is 79.9. The number of phenols is 1. The van der Waals surface area contributed by atoms with E-state index in [0.717, 1.165) is 16.5 Å². The predicted molar refractivity (Wildman–Crippen MR) is 83.0 cm³/mol. The number of nitrogens with zero attached hydrogens (tertiary/aromatic N) is 1. The minimum absolute atomic E-state index is 0.0313. The maximum atomic E-state index is 12.4. The summed E-state index contributed by atoms with van der Waals surface area (Å²) in [7, 11) is 1.76. The molecule has 3 nitrogen and oxygen atoms in total. The second kappa shape index (κ2) is 6.57. The fraction of sp³-hybridized carbons (Fsp3) is 0.188. The summed E-state index contributed by atoms with van der Waals surface area (Å²) in [6.07, 6.45) is 0. The van der Waals surface area contributed by atoms with Gasteiger partial charge in [-0.1, -0.05) is 40.2 Å². The van der Waals surface area contributed by atoms with Gasteiger partial charge in [0.2, 0.25) is 0 Å². The van der Waals surface area contributed by atoms with E-state index in [2.05, 4.69) is 15.9 Å². The van der Waals surface area contributed by atoms with Gasteiger partial charge in [0.15, 0.2) is 0 Å². The second-order valence-electron chi connectivity index (χ2n) is 4.67. The van der Waals surface area contributed by atoms with Crippen molar-refractivity contribution in [3.8, 4) is 5.75 Å². The minimum atomic E-state index is -0.0313. The van der Waals surface area contributed by atoms with Crippen LogP contribution in [0, 0.1) is 0 Å². The molecule has 2 rings (SSSR count). The van der Waals surface area contributed by atoms with Gasteiger partial charge < -0.3 is 10.0 Å². The molecular formula is C16H16BrNO2. The molecule has 0 heterocycles. The van der Waals surface area contributed by atoms with Crippen LogP contribution in [0.4, 0.5) is 0 Å². The number of amides is 1. The molecule has 0 saturated heterocycles. The Bertz CT molecular complexity index is 613. The summed E-state index contributed by atoms with van der Waals surface area (Å²) in [5.74, 6) is 0.181. The fourth-order valence-corrected chi connectivity index (χ4v) is 2.36. The SMILES string of the molecule is CN(Cc1cccc(O)c1)C(=O)c1cccc(CBr)c1. The molecule has 0 aliphatic rings. The summed E-state index contributed by atoms with van der Waals surface area (Å²) in [6.45, 7) is 0.464. The van der Waals surface area contributed by atoms with Gasteiger partial charge in [-0.05, 0) is 35.4 Å². The molecule has 0 spiro atoms. The van der Waals surface area contributed by atoms with Crippen LogP contribution in [0.25, 0.3) is 0 Å². The van der Waals surface area contributed by atoms with Crippen molar-refractivity contribution in [1.29, 1.82) is 0 Å². The molecule has 2 aromatic rings. The zero-order chi connectivity index (χ0) is 14.5. The quantitative estimate of drug-likeness (QED) is 0.869. The van der Waals surface area contributed by atoms with Gasteiger partial charge >= 0.3 is 0 Å². The Kier molecular flexibility index (Phi) is 4.79. The Hall–Kier alpha value is -1.81. The summed E-state index contributed by atoms with van der Waals surface area (Å²) in [5, 5.41) is 10.2.